The van der Waals surface area contributed by atoms with Gasteiger partial charge in [-0.05, 0) is 37.0 Å². The van der Waals surface area contributed by atoms with Gasteiger partial charge in [0, 0.05) is 32.1 Å². The van der Waals surface area contributed by atoms with E-state index in [1.54, 1.807) is 7.11 Å². The molecule has 0 bridgehead atoms. The van der Waals surface area contributed by atoms with E-state index in [1.807, 2.05) is 34.1 Å². The lowest BCUT2D eigenvalue weighted by Crippen LogP contribution is -2.38. The smallest absolute Gasteiger partial charge is 0.227 e. The van der Waals surface area contributed by atoms with Crippen molar-refractivity contribution in [3.63, 3.8) is 0 Å². The van der Waals surface area contributed by atoms with E-state index in [9.17, 15) is 9.59 Å². The summed E-state index contributed by atoms with van der Waals surface area (Å²) in [5.74, 6) is 1.44. The van der Waals surface area contributed by atoms with Crippen molar-refractivity contribution in [2.45, 2.75) is 25.7 Å². The lowest BCUT2D eigenvalue weighted by Gasteiger charge is -2.22. The molecule has 2 aliphatic rings. The molecule has 0 aromatic heterocycles. The normalized spacial score (nSPS) is 18.5. The van der Waals surface area contributed by atoms with E-state index in [0.717, 1.165) is 43.7 Å². The molecule has 2 amide bonds. The number of carbonyl (C=O) groups is 2. The zero-order chi connectivity index (χ0) is 16.2. The van der Waals surface area contributed by atoms with Crippen molar-refractivity contribution >= 4 is 11.8 Å². The molecule has 1 saturated heterocycles. The summed E-state index contributed by atoms with van der Waals surface area (Å²) in [5.41, 5.74) is 0.963. The highest BCUT2D eigenvalue weighted by Crippen LogP contribution is 2.31. The minimum absolute atomic E-state index is 0.124. The van der Waals surface area contributed by atoms with Gasteiger partial charge in [0.2, 0.25) is 11.8 Å². The van der Waals surface area contributed by atoms with Crippen molar-refractivity contribution < 1.29 is 14.3 Å². The predicted octanol–water partition coefficient (Wildman–Crippen LogP) is 1.71. The topological polar surface area (TPSA) is 49.9 Å². The van der Waals surface area contributed by atoms with Crippen LogP contribution < -0.4 is 4.74 Å². The Kier molecular flexibility index (Phi) is 4.84. The predicted molar refractivity (Wildman–Crippen MR) is 87.2 cm³/mol. The highest BCUT2D eigenvalue weighted by Gasteiger charge is 2.34. The van der Waals surface area contributed by atoms with Crippen LogP contribution in [0.4, 0.5) is 0 Å². The van der Waals surface area contributed by atoms with Crippen molar-refractivity contribution in [1.29, 1.82) is 0 Å². The number of hydrogen-bond acceptors (Lipinski definition) is 3. The number of hydrogen-bond donors (Lipinski definition) is 0. The molecular formula is C18H24N2O3. The van der Waals surface area contributed by atoms with Gasteiger partial charge in [-0.25, -0.2) is 0 Å². The van der Waals surface area contributed by atoms with Crippen molar-refractivity contribution in [1.82, 2.24) is 9.80 Å². The maximum atomic E-state index is 12.5. The molecule has 23 heavy (non-hydrogen) atoms. The Bertz CT molecular complexity index is 583. The Balaban J connectivity index is 1.56. The first-order valence-electron chi connectivity index (χ1n) is 8.37. The van der Waals surface area contributed by atoms with Crippen LogP contribution in [0.25, 0.3) is 0 Å². The summed E-state index contributed by atoms with van der Waals surface area (Å²) in [6.45, 7) is 2.82. The largest absolute Gasteiger partial charge is 0.497 e. The van der Waals surface area contributed by atoms with E-state index in [1.165, 1.54) is 0 Å². The number of carbonyl (C=O) groups excluding carboxylic acids is 2. The molecule has 1 aliphatic heterocycles. The van der Waals surface area contributed by atoms with E-state index in [2.05, 4.69) is 0 Å². The van der Waals surface area contributed by atoms with Gasteiger partial charge in [0.05, 0.1) is 13.5 Å². The fourth-order valence-corrected chi connectivity index (χ4v) is 3.04. The molecule has 124 valence electrons. The van der Waals surface area contributed by atoms with Gasteiger partial charge in [-0.15, -0.1) is 0 Å². The van der Waals surface area contributed by atoms with Crippen LogP contribution in [0.15, 0.2) is 24.3 Å². The molecule has 3 rings (SSSR count). The summed E-state index contributed by atoms with van der Waals surface area (Å²) < 4.78 is 5.20. The lowest BCUT2D eigenvalue weighted by molar-refractivity contribution is -0.134. The number of nitrogens with zero attached hydrogens (tertiary/aromatic N) is 2. The maximum absolute atomic E-state index is 12.5. The standard InChI is InChI=1S/C18H24N2O3/c1-23-16-5-2-4-14(12-16)13-17(21)19-8-3-9-20(11-10-19)18(22)15-6-7-15/h2,4-5,12,15H,3,6-11,13H2,1H3. The number of benzene rings is 1. The van der Waals surface area contributed by atoms with Crippen LogP contribution in [0.2, 0.25) is 0 Å². The molecular weight excluding hydrogens is 292 g/mol. The van der Waals surface area contributed by atoms with Gasteiger partial charge in [0.1, 0.15) is 5.75 Å². The maximum Gasteiger partial charge on any atom is 0.227 e. The van der Waals surface area contributed by atoms with Crippen molar-refractivity contribution in [2.75, 3.05) is 33.3 Å². The molecule has 1 aromatic carbocycles. The van der Waals surface area contributed by atoms with Gasteiger partial charge in [-0.3, -0.25) is 9.59 Å². The van der Waals surface area contributed by atoms with Gasteiger partial charge in [0.15, 0.2) is 0 Å². The molecule has 0 unspecified atom stereocenters. The lowest BCUT2D eigenvalue weighted by atomic mass is 10.1. The van der Waals surface area contributed by atoms with E-state index in [4.69, 9.17) is 4.74 Å². The molecule has 1 saturated carbocycles. The minimum atomic E-state index is 0.124. The first-order chi connectivity index (χ1) is 11.2. The molecule has 0 spiro atoms. The number of methoxy groups -OCH3 is 1. The van der Waals surface area contributed by atoms with Gasteiger partial charge < -0.3 is 14.5 Å². The third kappa shape index (κ3) is 4.03. The number of amides is 2. The highest BCUT2D eigenvalue weighted by molar-refractivity contribution is 5.81. The molecule has 5 nitrogen and oxygen atoms in total. The van der Waals surface area contributed by atoms with Gasteiger partial charge in [-0.1, -0.05) is 12.1 Å². The molecule has 0 atom stereocenters. The van der Waals surface area contributed by atoms with E-state index < -0.39 is 0 Å². The van der Waals surface area contributed by atoms with Crippen molar-refractivity contribution in [3.8, 4) is 5.75 Å². The second kappa shape index (κ2) is 7.02. The van der Waals surface area contributed by atoms with E-state index >= 15 is 0 Å². The fourth-order valence-electron chi connectivity index (χ4n) is 3.04. The Morgan fingerprint density at radius 1 is 1.13 bits per heavy atom. The van der Waals surface area contributed by atoms with Gasteiger partial charge >= 0.3 is 0 Å². The SMILES string of the molecule is COc1cccc(CC(=O)N2CCCN(C(=O)C3CC3)CC2)c1. The van der Waals surface area contributed by atoms with Crippen molar-refractivity contribution in [2.24, 2.45) is 5.92 Å². The molecule has 0 radical (unpaired) electrons. The molecule has 1 aromatic rings. The summed E-state index contributed by atoms with van der Waals surface area (Å²) in [5, 5.41) is 0. The Hall–Kier alpha value is -2.04. The summed E-state index contributed by atoms with van der Waals surface area (Å²) in [6, 6.07) is 7.63. The third-order valence-corrected chi connectivity index (χ3v) is 4.58. The summed E-state index contributed by atoms with van der Waals surface area (Å²) in [7, 11) is 1.63. The molecule has 2 fully saturated rings. The van der Waals surface area contributed by atoms with Crippen LogP contribution in [-0.4, -0.2) is 54.9 Å². The Morgan fingerprint density at radius 3 is 2.61 bits per heavy atom. The van der Waals surface area contributed by atoms with E-state index in [0.29, 0.717) is 19.5 Å². The average Bonchev–Trinajstić information content (AvgIpc) is 3.40. The summed E-state index contributed by atoms with van der Waals surface area (Å²) in [4.78, 5) is 28.5. The van der Waals surface area contributed by atoms with Gasteiger partial charge in [0.25, 0.3) is 0 Å². The van der Waals surface area contributed by atoms with Gasteiger partial charge in [-0.2, -0.15) is 0 Å². The van der Waals surface area contributed by atoms with Crippen LogP contribution in [0.5, 0.6) is 5.75 Å². The second-order valence-corrected chi connectivity index (χ2v) is 6.36. The van der Waals surface area contributed by atoms with Crippen LogP contribution in [0.3, 0.4) is 0 Å². The zero-order valence-electron chi connectivity index (χ0n) is 13.7. The first kappa shape index (κ1) is 15.8. The number of rotatable bonds is 4. The summed E-state index contributed by atoms with van der Waals surface area (Å²) >= 11 is 0. The van der Waals surface area contributed by atoms with Crippen LogP contribution in [0.1, 0.15) is 24.8 Å². The third-order valence-electron chi connectivity index (χ3n) is 4.58. The highest BCUT2D eigenvalue weighted by atomic mass is 16.5. The Labute approximate surface area is 137 Å². The van der Waals surface area contributed by atoms with Crippen LogP contribution >= 0.6 is 0 Å². The first-order valence-corrected chi connectivity index (χ1v) is 8.37. The Morgan fingerprint density at radius 2 is 1.87 bits per heavy atom. The second-order valence-electron chi connectivity index (χ2n) is 6.36. The molecule has 0 N–H and O–H groups in total. The summed E-state index contributed by atoms with van der Waals surface area (Å²) in [6.07, 6.45) is 3.32. The molecule has 5 heteroatoms. The number of ether oxygens (including phenoxy) is 1. The quantitative estimate of drug-likeness (QED) is 0.850. The fraction of sp³-hybridized carbons (Fsp3) is 0.556. The molecule has 1 aliphatic carbocycles. The average molecular weight is 316 g/mol. The van der Waals surface area contributed by atoms with Crippen molar-refractivity contribution in [3.05, 3.63) is 29.8 Å². The van der Waals surface area contributed by atoms with Crippen LogP contribution in [-0.2, 0) is 16.0 Å². The van der Waals surface area contributed by atoms with E-state index in [-0.39, 0.29) is 17.7 Å². The van der Waals surface area contributed by atoms with Crippen LogP contribution in [0, 0.1) is 5.92 Å². The minimum Gasteiger partial charge on any atom is -0.497 e. The zero-order valence-corrected chi connectivity index (χ0v) is 13.7. The monoisotopic (exact) mass is 316 g/mol. The molecule has 1 heterocycles.